The number of aliphatic hydroxyl groups is 2. The summed E-state index contributed by atoms with van der Waals surface area (Å²) in [4.78, 5) is 16.0. The smallest absolute Gasteiger partial charge is 0.193 e. The molecular weight excluding hydrogens is 368 g/mol. The number of ether oxygens (including phenoxy) is 1. The van der Waals surface area contributed by atoms with Gasteiger partial charge in [0.25, 0.3) is 0 Å². The molecule has 6 nitrogen and oxygen atoms in total. The van der Waals surface area contributed by atoms with Crippen molar-refractivity contribution in [3.8, 4) is 11.1 Å². The number of nitrogens with two attached hydrogens (primary N) is 1. The summed E-state index contributed by atoms with van der Waals surface area (Å²) in [5.74, 6) is 0.00104. The van der Waals surface area contributed by atoms with Crippen LogP contribution in [-0.2, 0) is 4.74 Å². The largest absolute Gasteiger partial charge is 0.391 e. The van der Waals surface area contributed by atoms with Crippen molar-refractivity contribution in [1.82, 2.24) is 4.98 Å². The normalized spacial score (nSPS) is 17.0. The molecule has 146 valence electrons. The van der Waals surface area contributed by atoms with Crippen LogP contribution in [0.4, 0.5) is 5.82 Å². The first-order valence-electron chi connectivity index (χ1n) is 8.73. The van der Waals surface area contributed by atoms with Gasteiger partial charge in [0.1, 0.15) is 11.4 Å². The van der Waals surface area contributed by atoms with E-state index in [9.17, 15) is 9.90 Å². The zero-order chi connectivity index (χ0) is 20.0. The van der Waals surface area contributed by atoms with Gasteiger partial charge in [-0.3, -0.25) is 4.79 Å². The van der Waals surface area contributed by atoms with Crippen molar-refractivity contribution in [2.24, 2.45) is 0 Å². The number of nitrogen functional groups attached to an aromatic ring is 1. The van der Waals surface area contributed by atoms with Gasteiger partial charge in [0.05, 0.1) is 17.7 Å². The Hall–Kier alpha value is -1.99. The fraction of sp³-hybridized carbons (Fsp3) is 0.400. The molecule has 0 saturated carbocycles. The van der Waals surface area contributed by atoms with Gasteiger partial charge in [-0.2, -0.15) is 0 Å². The number of hydrogen-bond acceptors (Lipinski definition) is 6. The molecule has 2 heterocycles. The van der Waals surface area contributed by atoms with Gasteiger partial charge in [-0.05, 0) is 44.4 Å². The molecule has 0 aliphatic carbocycles. The minimum Gasteiger partial charge on any atom is -0.391 e. The Kier molecular flexibility index (Phi) is 7.33. The summed E-state index contributed by atoms with van der Waals surface area (Å²) in [5, 5.41) is 19.0. The summed E-state index contributed by atoms with van der Waals surface area (Å²) < 4.78 is 4.93. The summed E-state index contributed by atoms with van der Waals surface area (Å²) in [7, 11) is 0. The van der Waals surface area contributed by atoms with Crippen molar-refractivity contribution in [2.45, 2.75) is 38.4 Å². The standard InChI is InChI=1S/C15H15ClN2O2.C5H10O2/c1-15(2,20)14(19)10-5-3-4-9(6-10)11-7-13(17)18-8-12(11)16;6-5-2-1-3-7-4-5/h3-8,20H,1-2H3,(H2,17,18);5-6H,1-4H2. The van der Waals surface area contributed by atoms with Gasteiger partial charge >= 0.3 is 0 Å². The highest BCUT2D eigenvalue weighted by Crippen LogP contribution is 2.29. The summed E-state index contributed by atoms with van der Waals surface area (Å²) in [5.41, 5.74) is 6.10. The van der Waals surface area contributed by atoms with Crippen LogP contribution in [0.5, 0.6) is 0 Å². The number of carbonyl (C=O) groups excluding carboxylic acids is 1. The molecule has 1 aromatic carbocycles. The van der Waals surface area contributed by atoms with Crippen LogP contribution in [-0.4, -0.2) is 45.9 Å². The number of Topliss-reactive ketones (excluding diaryl/α,β-unsaturated/α-hetero) is 1. The lowest BCUT2D eigenvalue weighted by molar-refractivity contribution is -0.00535. The average molecular weight is 393 g/mol. The SMILES string of the molecule is CC(C)(O)C(=O)c1cccc(-c2cc(N)ncc2Cl)c1.OC1CCCOC1. The molecule has 0 radical (unpaired) electrons. The van der Waals surface area contributed by atoms with Crippen LogP contribution in [0.3, 0.4) is 0 Å². The lowest BCUT2D eigenvalue weighted by atomic mass is 9.94. The lowest BCUT2D eigenvalue weighted by Crippen LogP contribution is -2.31. The Morgan fingerprint density at radius 1 is 1.37 bits per heavy atom. The second-order valence-electron chi connectivity index (χ2n) is 6.93. The number of aromatic nitrogens is 1. The Morgan fingerprint density at radius 3 is 2.67 bits per heavy atom. The molecule has 1 atom stereocenters. The number of pyridine rings is 1. The van der Waals surface area contributed by atoms with Crippen molar-refractivity contribution in [1.29, 1.82) is 0 Å². The first kappa shape index (κ1) is 21.3. The van der Waals surface area contributed by atoms with E-state index in [-0.39, 0.29) is 11.9 Å². The predicted octanol–water partition coefficient (Wildman–Crippen LogP) is 3.10. The van der Waals surface area contributed by atoms with E-state index in [4.69, 9.17) is 27.2 Å². The van der Waals surface area contributed by atoms with E-state index in [1.807, 2.05) is 6.07 Å². The van der Waals surface area contributed by atoms with Crippen LogP contribution in [0.25, 0.3) is 11.1 Å². The Labute approximate surface area is 163 Å². The van der Waals surface area contributed by atoms with Crippen LogP contribution in [0.1, 0.15) is 37.0 Å². The molecule has 1 saturated heterocycles. The molecule has 27 heavy (non-hydrogen) atoms. The van der Waals surface area contributed by atoms with Crippen LogP contribution < -0.4 is 5.73 Å². The topological polar surface area (TPSA) is 106 Å². The Balaban J connectivity index is 0.000000313. The lowest BCUT2D eigenvalue weighted by Gasteiger charge is -2.16. The second kappa shape index (κ2) is 9.28. The molecule has 2 aromatic rings. The van der Waals surface area contributed by atoms with E-state index in [1.54, 1.807) is 24.3 Å². The highest BCUT2D eigenvalue weighted by atomic mass is 35.5. The molecule has 1 aliphatic rings. The maximum atomic E-state index is 12.1. The molecule has 1 unspecified atom stereocenters. The van der Waals surface area contributed by atoms with E-state index in [0.717, 1.165) is 25.0 Å². The molecule has 0 spiro atoms. The summed E-state index contributed by atoms with van der Waals surface area (Å²) in [6, 6.07) is 8.54. The molecule has 4 N–H and O–H groups in total. The number of anilines is 1. The van der Waals surface area contributed by atoms with Gasteiger partial charge in [-0.25, -0.2) is 4.98 Å². The average Bonchev–Trinajstić information content (AvgIpc) is 2.63. The van der Waals surface area contributed by atoms with Gasteiger partial charge in [0.2, 0.25) is 0 Å². The minimum atomic E-state index is -1.42. The van der Waals surface area contributed by atoms with E-state index in [1.165, 1.54) is 20.0 Å². The summed E-state index contributed by atoms with van der Waals surface area (Å²) in [6.45, 7) is 4.29. The van der Waals surface area contributed by atoms with Crippen LogP contribution in [0.15, 0.2) is 36.5 Å². The number of nitrogens with zero attached hydrogens (tertiary/aromatic N) is 1. The third-order valence-electron chi connectivity index (χ3n) is 4.00. The number of rotatable bonds is 3. The third kappa shape index (κ3) is 6.29. The number of benzene rings is 1. The molecule has 3 rings (SSSR count). The summed E-state index contributed by atoms with van der Waals surface area (Å²) >= 11 is 6.10. The molecule has 1 aliphatic heterocycles. The minimum absolute atomic E-state index is 0.186. The molecule has 0 amide bonds. The number of ketones is 1. The zero-order valence-corrected chi connectivity index (χ0v) is 16.2. The van der Waals surface area contributed by atoms with Gasteiger partial charge in [0.15, 0.2) is 5.78 Å². The van der Waals surface area contributed by atoms with Crippen molar-refractivity contribution in [3.05, 3.63) is 47.1 Å². The number of carbonyl (C=O) groups is 1. The van der Waals surface area contributed by atoms with Gasteiger partial charge < -0.3 is 20.7 Å². The molecule has 7 heteroatoms. The number of halogens is 1. The van der Waals surface area contributed by atoms with Crippen molar-refractivity contribution >= 4 is 23.2 Å². The van der Waals surface area contributed by atoms with Crippen molar-refractivity contribution < 1.29 is 19.7 Å². The van der Waals surface area contributed by atoms with Gasteiger partial charge in [-0.1, -0.05) is 29.8 Å². The zero-order valence-electron chi connectivity index (χ0n) is 15.5. The quantitative estimate of drug-likeness (QED) is 0.693. The maximum absolute atomic E-state index is 12.1. The van der Waals surface area contributed by atoms with E-state index in [0.29, 0.717) is 28.6 Å². The van der Waals surface area contributed by atoms with E-state index in [2.05, 4.69) is 4.98 Å². The molecule has 1 fully saturated rings. The fourth-order valence-corrected chi connectivity index (χ4v) is 2.79. The highest BCUT2D eigenvalue weighted by Gasteiger charge is 2.25. The van der Waals surface area contributed by atoms with Crippen molar-refractivity contribution in [3.63, 3.8) is 0 Å². The van der Waals surface area contributed by atoms with Crippen molar-refractivity contribution in [2.75, 3.05) is 18.9 Å². The van der Waals surface area contributed by atoms with Crippen LogP contribution in [0, 0.1) is 0 Å². The Bertz CT molecular complexity index is 784. The predicted molar refractivity (Wildman–Crippen MR) is 106 cm³/mol. The first-order valence-corrected chi connectivity index (χ1v) is 9.10. The third-order valence-corrected chi connectivity index (χ3v) is 4.31. The van der Waals surface area contributed by atoms with Crippen LogP contribution >= 0.6 is 11.6 Å². The van der Waals surface area contributed by atoms with E-state index < -0.39 is 5.60 Å². The molecular formula is C20H25ClN2O4. The number of aliphatic hydroxyl groups excluding tert-OH is 1. The Morgan fingerprint density at radius 2 is 2.11 bits per heavy atom. The second-order valence-corrected chi connectivity index (χ2v) is 7.34. The van der Waals surface area contributed by atoms with Crippen LogP contribution in [0.2, 0.25) is 5.02 Å². The first-order chi connectivity index (χ1) is 12.7. The highest BCUT2D eigenvalue weighted by molar-refractivity contribution is 6.33. The summed E-state index contributed by atoms with van der Waals surface area (Å²) in [6.07, 6.45) is 3.21. The molecule has 0 bridgehead atoms. The molecule has 1 aromatic heterocycles. The van der Waals surface area contributed by atoms with E-state index >= 15 is 0 Å². The monoisotopic (exact) mass is 392 g/mol. The van der Waals surface area contributed by atoms with Gasteiger partial charge in [-0.15, -0.1) is 0 Å². The fourth-order valence-electron chi connectivity index (χ4n) is 2.58. The van der Waals surface area contributed by atoms with Gasteiger partial charge in [0, 0.05) is 23.9 Å². The number of hydrogen-bond donors (Lipinski definition) is 3. The maximum Gasteiger partial charge on any atom is 0.193 e.